The highest BCUT2D eigenvalue weighted by molar-refractivity contribution is 6.33. The van der Waals surface area contributed by atoms with E-state index >= 15 is 0 Å². The molecule has 0 aliphatic carbocycles. The number of hydrogen-bond acceptors (Lipinski definition) is 1. The minimum absolute atomic E-state index is 0.0539. The van der Waals surface area contributed by atoms with E-state index in [1.807, 2.05) is 13.1 Å². The van der Waals surface area contributed by atoms with Crippen molar-refractivity contribution < 1.29 is 4.39 Å². The van der Waals surface area contributed by atoms with Crippen molar-refractivity contribution in [2.45, 2.75) is 12.5 Å². The quantitative estimate of drug-likeness (QED) is 0.802. The molecule has 0 aromatic heterocycles. The summed E-state index contributed by atoms with van der Waals surface area (Å²) in [4.78, 5) is 0. The molecule has 0 fully saturated rings. The number of benzene rings is 2. The summed E-state index contributed by atoms with van der Waals surface area (Å²) in [5, 5.41) is 4.54. The first-order valence-corrected chi connectivity index (χ1v) is 7.21. The van der Waals surface area contributed by atoms with E-state index in [1.54, 1.807) is 24.3 Å². The second kappa shape index (κ2) is 6.77. The Morgan fingerprint density at radius 2 is 1.75 bits per heavy atom. The predicted octanol–water partition coefficient (Wildman–Crippen LogP) is 5.29. The van der Waals surface area contributed by atoms with Crippen LogP contribution in [0.2, 0.25) is 15.1 Å². The van der Waals surface area contributed by atoms with Gasteiger partial charge in [0.2, 0.25) is 0 Å². The Morgan fingerprint density at radius 3 is 2.40 bits per heavy atom. The Kier molecular flexibility index (Phi) is 5.28. The van der Waals surface area contributed by atoms with E-state index in [9.17, 15) is 4.39 Å². The van der Waals surface area contributed by atoms with Crippen molar-refractivity contribution in [2.75, 3.05) is 7.05 Å². The van der Waals surface area contributed by atoms with Crippen molar-refractivity contribution >= 4 is 34.8 Å². The van der Waals surface area contributed by atoms with Crippen molar-refractivity contribution in [1.82, 2.24) is 5.32 Å². The van der Waals surface area contributed by atoms with E-state index in [0.717, 1.165) is 11.1 Å². The number of likely N-dealkylation sites (N-methyl/N-ethyl adjacent to an activating group) is 1. The van der Waals surface area contributed by atoms with Gasteiger partial charge in [-0.25, -0.2) is 4.39 Å². The van der Waals surface area contributed by atoms with Crippen LogP contribution in [0.25, 0.3) is 0 Å². The van der Waals surface area contributed by atoms with Gasteiger partial charge in [0, 0.05) is 16.1 Å². The number of halogens is 4. The molecular formula is C15H13Cl3FN. The van der Waals surface area contributed by atoms with Gasteiger partial charge >= 0.3 is 0 Å². The molecule has 0 amide bonds. The van der Waals surface area contributed by atoms with E-state index in [2.05, 4.69) is 5.32 Å². The van der Waals surface area contributed by atoms with Crippen molar-refractivity contribution in [3.63, 3.8) is 0 Å². The van der Waals surface area contributed by atoms with Crippen LogP contribution in [0.1, 0.15) is 17.2 Å². The molecule has 1 atom stereocenters. The minimum atomic E-state index is -0.420. The molecule has 0 bridgehead atoms. The lowest BCUT2D eigenvalue weighted by Crippen LogP contribution is -2.19. The summed E-state index contributed by atoms with van der Waals surface area (Å²) in [5.41, 5.74) is 1.72. The average molecular weight is 333 g/mol. The van der Waals surface area contributed by atoms with E-state index < -0.39 is 5.82 Å². The van der Waals surface area contributed by atoms with Crippen LogP contribution in [0.15, 0.2) is 36.4 Å². The molecule has 0 aliphatic heterocycles. The lowest BCUT2D eigenvalue weighted by atomic mass is 9.99. The minimum Gasteiger partial charge on any atom is -0.313 e. The van der Waals surface area contributed by atoms with Gasteiger partial charge in [0.05, 0.1) is 5.02 Å². The third-order valence-electron chi connectivity index (χ3n) is 3.11. The molecule has 0 saturated carbocycles. The first-order chi connectivity index (χ1) is 9.51. The Labute approximate surface area is 132 Å². The van der Waals surface area contributed by atoms with Crippen molar-refractivity contribution in [1.29, 1.82) is 0 Å². The van der Waals surface area contributed by atoms with Gasteiger partial charge in [0.15, 0.2) is 0 Å². The van der Waals surface area contributed by atoms with Crippen molar-refractivity contribution in [3.05, 3.63) is 68.4 Å². The molecule has 1 N–H and O–H groups in total. The Balaban J connectivity index is 2.28. The second-order valence-corrected chi connectivity index (χ2v) is 5.71. The first-order valence-electron chi connectivity index (χ1n) is 6.07. The van der Waals surface area contributed by atoms with E-state index in [-0.39, 0.29) is 11.1 Å². The Bertz CT molecular complexity index is 616. The number of rotatable bonds is 4. The fourth-order valence-corrected chi connectivity index (χ4v) is 2.60. The molecule has 0 aliphatic rings. The molecule has 0 spiro atoms. The maximum Gasteiger partial charge on any atom is 0.142 e. The fourth-order valence-electron chi connectivity index (χ4n) is 2.05. The van der Waals surface area contributed by atoms with Crippen LogP contribution in [0, 0.1) is 5.82 Å². The van der Waals surface area contributed by atoms with Crippen LogP contribution in [-0.2, 0) is 6.42 Å². The Morgan fingerprint density at radius 1 is 1.05 bits per heavy atom. The van der Waals surface area contributed by atoms with Gasteiger partial charge < -0.3 is 5.32 Å². The molecule has 106 valence electrons. The molecule has 1 nitrogen and oxygen atoms in total. The largest absolute Gasteiger partial charge is 0.313 e. The van der Waals surface area contributed by atoms with Crippen LogP contribution in [-0.4, -0.2) is 7.05 Å². The first kappa shape index (κ1) is 15.6. The van der Waals surface area contributed by atoms with Gasteiger partial charge in [-0.1, -0.05) is 40.9 Å². The monoisotopic (exact) mass is 331 g/mol. The third kappa shape index (κ3) is 3.64. The zero-order valence-electron chi connectivity index (χ0n) is 10.8. The van der Waals surface area contributed by atoms with Gasteiger partial charge in [-0.15, -0.1) is 0 Å². The van der Waals surface area contributed by atoms with Gasteiger partial charge in [0.1, 0.15) is 5.82 Å². The summed E-state index contributed by atoms with van der Waals surface area (Å²) in [5.74, 6) is -0.420. The molecule has 2 aromatic carbocycles. The van der Waals surface area contributed by atoms with Gasteiger partial charge in [-0.2, -0.15) is 0 Å². The SMILES string of the molecule is CNC(Cc1ccc(Cl)c(F)c1)c1cc(Cl)ccc1Cl. The van der Waals surface area contributed by atoms with E-state index in [1.165, 1.54) is 6.07 Å². The summed E-state index contributed by atoms with van der Waals surface area (Å²) in [6.45, 7) is 0. The summed E-state index contributed by atoms with van der Waals surface area (Å²) in [7, 11) is 1.83. The third-order valence-corrected chi connectivity index (χ3v) is 3.99. The average Bonchev–Trinajstić information content (AvgIpc) is 2.43. The normalized spacial score (nSPS) is 12.4. The molecule has 2 aromatic rings. The highest BCUT2D eigenvalue weighted by Crippen LogP contribution is 2.29. The Hall–Kier alpha value is -0.800. The van der Waals surface area contributed by atoms with Crippen LogP contribution in [0.5, 0.6) is 0 Å². The van der Waals surface area contributed by atoms with Gasteiger partial charge in [-0.05, 0) is 54.9 Å². The van der Waals surface area contributed by atoms with E-state index in [4.69, 9.17) is 34.8 Å². The summed E-state index contributed by atoms with van der Waals surface area (Å²) in [6.07, 6.45) is 0.588. The highest BCUT2D eigenvalue weighted by Gasteiger charge is 2.15. The maximum absolute atomic E-state index is 13.5. The number of nitrogens with one attached hydrogen (secondary N) is 1. The molecule has 20 heavy (non-hydrogen) atoms. The fraction of sp³-hybridized carbons (Fsp3) is 0.200. The lowest BCUT2D eigenvalue weighted by Gasteiger charge is -2.18. The number of hydrogen-bond donors (Lipinski definition) is 1. The maximum atomic E-state index is 13.5. The summed E-state index contributed by atoms with van der Waals surface area (Å²) in [6, 6.07) is 10.0. The molecule has 0 saturated heterocycles. The lowest BCUT2D eigenvalue weighted by molar-refractivity contribution is 0.584. The summed E-state index contributed by atoms with van der Waals surface area (Å²) >= 11 is 17.9. The van der Waals surface area contributed by atoms with Crippen molar-refractivity contribution in [3.8, 4) is 0 Å². The van der Waals surface area contributed by atoms with Crippen LogP contribution >= 0.6 is 34.8 Å². The predicted molar refractivity (Wildman–Crippen MR) is 83.4 cm³/mol. The van der Waals surface area contributed by atoms with Gasteiger partial charge in [-0.3, -0.25) is 0 Å². The van der Waals surface area contributed by atoms with Crippen molar-refractivity contribution in [2.24, 2.45) is 0 Å². The molecular weight excluding hydrogens is 320 g/mol. The molecule has 5 heteroatoms. The molecule has 0 radical (unpaired) electrons. The summed E-state index contributed by atoms with van der Waals surface area (Å²) < 4.78 is 13.5. The molecule has 2 rings (SSSR count). The second-order valence-electron chi connectivity index (χ2n) is 4.46. The van der Waals surface area contributed by atoms with Crippen LogP contribution in [0.3, 0.4) is 0 Å². The van der Waals surface area contributed by atoms with Crippen LogP contribution < -0.4 is 5.32 Å². The topological polar surface area (TPSA) is 12.0 Å². The highest BCUT2D eigenvalue weighted by atomic mass is 35.5. The zero-order chi connectivity index (χ0) is 14.7. The zero-order valence-corrected chi connectivity index (χ0v) is 13.0. The van der Waals surface area contributed by atoms with Crippen LogP contribution in [0.4, 0.5) is 4.39 Å². The molecule has 0 heterocycles. The van der Waals surface area contributed by atoms with E-state index in [0.29, 0.717) is 16.5 Å². The standard InChI is InChI=1S/C15H13Cl3FN/c1-20-15(11-8-10(16)3-5-12(11)17)7-9-2-4-13(18)14(19)6-9/h2-6,8,15,20H,7H2,1H3. The molecule has 1 unspecified atom stereocenters. The van der Waals surface area contributed by atoms with Gasteiger partial charge in [0.25, 0.3) is 0 Å². The smallest absolute Gasteiger partial charge is 0.142 e.